The Morgan fingerprint density at radius 2 is 2.04 bits per heavy atom. The lowest BCUT2D eigenvalue weighted by molar-refractivity contribution is 0.0590. The first-order valence-electron chi connectivity index (χ1n) is 7.66. The minimum Gasteiger partial charge on any atom is -0.464 e. The van der Waals surface area contributed by atoms with Gasteiger partial charge >= 0.3 is 12.1 Å². The molecule has 0 bridgehead atoms. The van der Waals surface area contributed by atoms with Gasteiger partial charge in [0.25, 0.3) is 0 Å². The highest BCUT2D eigenvalue weighted by Gasteiger charge is 2.19. The lowest BCUT2D eigenvalue weighted by atomic mass is 10.1. The smallest absolute Gasteiger partial charge is 0.412 e. The normalized spacial score (nSPS) is 14.6. The second-order valence-electron chi connectivity index (χ2n) is 6.30. The van der Waals surface area contributed by atoms with Gasteiger partial charge in [-0.1, -0.05) is 6.08 Å². The number of esters is 1. The maximum absolute atomic E-state index is 12.0. The van der Waals surface area contributed by atoms with E-state index in [0.29, 0.717) is 31.0 Å². The van der Waals surface area contributed by atoms with E-state index in [1.165, 1.54) is 13.2 Å². The van der Waals surface area contributed by atoms with E-state index < -0.39 is 17.7 Å². The molecule has 0 radical (unpaired) electrons. The third-order valence-electron chi connectivity index (χ3n) is 3.16. The molecule has 1 aliphatic heterocycles. The predicted molar refractivity (Wildman–Crippen MR) is 88.8 cm³/mol. The third-order valence-corrected chi connectivity index (χ3v) is 3.16. The quantitative estimate of drug-likeness (QED) is 0.855. The van der Waals surface area contributed by atoms with Crippen molar-refractivity contribution in [2.45, 2.75) is 32.8 Å². The molecular weight excluding hydrogens is 312 g/mol. The molecule has 1 aliphatic rings. The molecule has 0 atom stereocenters. The molecule has 0 saturated carbocycles. The second kappa shape index (κ2) is 7.44. The largest absolute Gasteiger partial charge is 0.464 e. The monoisotopic (exact) mass is 334 g/mol. The van der Waals surface area contributed by atoms with Crippen molar-refractivity contribution in [3.8, 4) is 0 Å². The molecule has 1 aromatic heterocycles. The Kier molecular flexibility index (Phi) is 5.56. The number of hydrogen-bond donors (Lipinski definition) is 1. The predicted octanol–water partition coefficient (Wildman–Crippen LogP) is 3.02. The Hall–Kier alpha value is -2.41. The molecule has 1 aromatic rings. The Balaban J connectivity index is 2.30. The molecule has 7 heteroatoms. The van der Waals surface area contributed by atoms with Crippen molar-refractivity contribution in [2.24, 2.45) is 0 Å². The van der Waals surface area contributed by atoms with Crippen molar-refractivity contribution < 1.29 is 23.8 Å². The summed E-state index contributed by atoms with van der Waals surface area (Å²) in [6.07, 6.45) is 1.99. The Bertz CT molecular complexity index is 661. The zero-order valence-electron chi connectivity index (χ0n) is 14.3. The van der Waals surface area contributed by atoms with Crippen LogP contribution in [0.1, 0.15) is 43.4 Å². The van der Waals surface area contributed by atoms with Crippen molar-refractivity contribution in [2.75, 3.05) is 25.6 Å². The van der Waals surface area contributed by atoms with Crippen LogP contribution in [0.25, 0.3) is 5.57 Å². The van der Waals surface area contributed by atoms with Crippen LogP contribution in [-0.2, 0) is 14.2 Å². The number of rotatable bonds is 3. The number of nitrogens with zero attached hydrogens (tertiary/aromatic N) is 1. The van der Waals surface area contributed by atoms with E-state index in [0.717, 1.165) is 5.57 Å². The van der Waals surface area contributed by atoms with Crippen LogP contribution >= 0.6 is 0 Å². The van der Waals surface area contributed by atoms with Gasteiger partial charge in [-0.05, 0) is 44.9 Å². The Morgan fingerprint density at radius 3 is 2.62 bits per heavy atom. The van der Waals surface area contributed by atoms with E-state index in [9.17, 15) is 9.59 Å². The standard InChI is InChI=1S/C17H22N2O5/c1-17(2,3)24-16(21)18-12-9-13(11-5-7-23-8-6-11)19-14(10-12)15(20)22-4/h5,9-10H,6-8H2,1-4H3,(H,18,19,21). The van der Waals surface area contributed by atoms with Crippen LogP contribution in [0, 0.1) is 0 Å². The van der Waals surface area contributed by atoms with Crippen LogP contribution in [0.4, 0.5) is 10.5 Å². The molecule has 0 saturated heterocycles. The van der Waals surface area contributed by atoms with E-state index in [2.05, 4.69) is 10.3 Å². The van der Waals surface area contributed by atoms with E-state index in [1.54, 1.807) is 26.8 Å². The van der Waals surface area contributed by atoms with Gasteiger partial charge in [0.15, 0.2) is 5.69 Å². The molecule has 2 heterocycles. The zero-order valence-corrected chi connectivity index (χ0v) is 14.3. The van der Waals surface area contributed by atoms with E-state index >= 15 is 0 Å². The van der Waals surface area contributed by atoms with E-state index in [-0.39, 0.29) is 5.69 Å². The summed E-state index contributed by atoms with van der Waals surface area (Å²) < 4.78 is 15.2. The van der Waals surface area contributed by atoms with Gasteiger partial charge in [0.2, 0.25) is 0 Å². The summed E-state index contributed by atoms with van der Waals surface area (Å²) in [5.74, 6) is -0.572. The third kappa shape index (κ3) is 5.06. The molecule has 0 spiro atoms. The molecule has 1 N–H and O–H groups in total. The topological polar surface area (TPSA) is 86.8 Å². The Labute approximate surface area is 141 Å². The SMILES string of the molecule is COC(=O)c1cc(NC(=O)OC(C)(C)C)cc(C2=CCOCC2)n1. The van der Waals surface area contributed by atoms with Crippen molar-refractivity contribution in [1.82, 2.24) is 4.98 Å². The van der Waals surface area contributed by atoms with Crippen LogP contribution in [0.5, 0.6) is 0 Å². The first kappa shape index (κ1) is 17.9. The van der Waals surface area contributed by atoms with Gasteiger partial charge in [0, 0.05) is 5.69 Å². The van der Waals surface area contributed by atoms with Crippen molar-refractivity contribution in [3.05, 3.63) is 29.6 Å². The minimum absolute atomic E-state index is 0.119. The van der Waals surface area contributed by atoms with Crippen LogP contribution in [0.3, 0.4) is 0 Å². The highest BCUT2D eigenvalue weighted by Crippen LogP contribution is 2.24. The second-order valence-corrected chi connectivity index (χ2v) is 6.30. The maximum atomic E-state index is 12.0. The summed E-state index contributed by atoms with van der Waals surface area (Å²) in [5, 5.41) is 2.63. The van der Waals surface area contributed by atoms with Crippen LogP contribution < -0.4 is 5.32 Å². The molecule has 0 unspecified atom stereocenters. The zero-order chi connectivity index (χ0) is 17.7. The number of carbonyl (C=O) groups is 2. The van der Waals surface area contributed by atoms with Gasteiger partial charge in [0.05, 0.1) is 26.0 Å². The summed E-state index contributed by atoms with van der Waals surface area (Å²) in [5.41, 5.74) is 1.48. The van der Waals surface area contributed by atoms with Crippen LogP contribution in [0.15, 0.2) is 18.2 Å². The van der Waals surface area contributed by atoms with Gasteiger partial charge in [0.1, 0.15) is 5.60 Å². The van der Waals surface area contributed by atoms with Gasteiger partial charge in [-0.15, -0.1) is 0 Å². The van der Waals surface area contributed by atoms with Gasteiger partial charge in [-0.25, -0.2) is 14.6 Å². The van der Waals surface area contributed by atoms with Crippen molar-refractivity contribution in [1.29, 1.82) is 0 Å². The lowest BCUT2D eigenvalue weighted by Crippen LogP contribution is -2.27. The lowest BCUT2D eigenvalue weighted by Gasteiger charge is -2.20. The number of carbonyl (C=O) groups excluding carboxylic acids is 2. The number of nitrogens with one attached hydrogen (secondary N) is 1. The Morgan fingerprint density at radius 1 is 1.29 bits per heavy atom. The van der Waals surface area contributed by atoms with Crippen molar-refractivity contribution >= 4 is 23.3 Å². The average Bonchev–Trinajstić information content (AvgIpc) is 2.52. The van der Waals surface area contributed by atoms with Crippen LogP contribution in [0.2, 0.25) is 0 Å². The molecule has 130 valence electrons. The first-order valence-corrected chi connectivity index (χ1v) is 7.66. The highest BCUT2D eigenvalue weighted by molar-refractivity contribution is 5.92. The summed E-state index contributed by atoms with van der Waals surface area (Å²) in [4.78, 5) is 28.1. The van der Waals surface area contributed by atoms with Crippen molar-refractivity contribution in [3.63, 3.8) is 0 Å². The molecular formula is C17H22N2O5. The highest BCUT2D eigenvalue weighted by atomic mass is 16.6. The number of ether oxygens (including phenoxy) is 3. The van der Waals surface area contributed by atoms with Gasteiger partial charge in [-0.2, -0.15) is 0 Å². The summed E-state index contributed by atoms with van der Waals surface area (Å²) in [6.45, 7) is 6.41. The fraction of sp³-hybridized carbons (Fsp3) is 0.471. The van der Waals surface area contributed by atoms with Gasteiger partial charge < -0.3 is 14.2 Å². The fourth-order valence-electron chi connectivity index (χ4n) is 2.16. The van der Waals surface area contributed by atoms with E-state index in [1.807, 2.05) is 6.08 Å². The molecule has 1 amide bonds. The van der Waals surface area contributed by atoms with Gasteiger partial charge in [-0.3, -0.25) is 5.32 Å². The molecule has 24 heavy (non-hydrogen) atoms. The summed E-state index contributed by atoms with van der Waals surface area (Å²) in [6, 6.07) is 3.16. The summed E-state index contributed by atoms with van der Waals surface area (Å²) in [7, 11) is 1.28. The van der Waals surface area contributed by atoms with E-state index in [4.69, 9.17) is 14.2 Å². The van der Waals surface area contributed by atoms with Crippen LogP contribution in [-0.4, -0.2) is 43.0 Å². The number of anilines is 1. The molecule has 2 rings (SSSR count). The molecule has 7 nitrogen and oxygen atoms in total. The minimum atomic E-state index is -0.617. The number of amides is 1. The molecule has 0 aromatic carbocycles. The number of hydrogen-bond acceptors (Lipinski definition) is 6. The maximum Gasteiger partial charge on any atom is 0.412 e. The molecule has 0 aliphatic carbocycles. The number of aromatic nitrogens is 1. The molecule has 0 fully saturated rings. The summed E-state index contributed by atoms with van der Waals surface area (Å²) >= 11 is 0. The average molecular weight is 334 g/mol. The fourth-order valence-corrected chi connectivity index (χ4v) is 2.16. The number of pyridine rings is 1. The number of methoxy groups -OCH3 is 1. The first-order chi connectivity index (χ1) is 11.3.